The number of anilines is 1. The number of nitrogens with one attached hydrogen (secondary N) is 1. The number of likely N-dealkylation sites (tertiary alicyclic amines) is 1. The molecule has 0 aliphatic carbocycles. The van der Waals surface area contributed by atoms with Gasteiger partial charge >= 0.3 is 0 Å². The molecule has 0 spiro atoms. The molecular weight excluding hydrogens is 324 g/mol. The molecule has 3 rings (SSSR count). The zero-order valence-electron chi connectivity index (χ0n) is 13.7. The van der Waals surface area contributed by atoms with Gasteiger partial charge in [0.1, 0.15) is 5.75 Å². The van der Waals surface area contributed by atoms with Gasteiger partial charge in [-0.2, -0.15) is 0 Å². The number of hydrogen-bond acceptors (Lipinski definition) is 5. The van der Waals surface area contributed by atoms with E-state index in [4.69, 9.17) is 4.74 Å². The van der Waals surface area contributed by atoms with Crippen LogP contribution in [0.2, 0.25) is 0 Å². The Kier molecular flexibility index (Phi) is 5.50. The van der Waals surface area contributed by atoms with Crippen molar-refractivity contribution in [3.63, 3.8) is 0 Å². The lowest BCUT2D eigenvalue weighted by Crippen LogP contribution is -2.35. The minimum absolute atomic E-state index is 0.121. The number of nitrogens with zero attached hydrogens (tertiary/aromatic N) is 1. The van der Waals surface area contributed by atoms with E-state index in [0.29, 0.717) is 10.6 Å². The highest BCUT2D eigenvalue weighted by Gasteiger charge is 2.18. The van der Waals surface area contributed by atoms with Crippen molar-refractivity contribution in [1.82, 2.24) is 4.90 Å². The number of thiophene rings is 1. The summed E-state index contributed by atoms with van der Waals surface area (Å²) in [5, 5.41) is 14.4. The van der Waals surface area contributed by atoms with E-state index in [1.54, 1.807) is 13.2 Å². The Balaban J connectivity index is 1.68. The fourth-order valence-corrected chi connectivity index (χ4v) is 3.58. The summed E-state index contributed by atoms with van der Waals surface area (Å²) in [6.07, 6.45) is 1.44. The zero-order valence-corrected chi connectivity index (χ0v) is 14.5. The highest BCUT2D eigenvalue weighted by atomic mass is 32.1. The van der Waals surface area contributed by atoms with Crippen LogP contribution in [-0.4, -0.2) is 42.2 Å². The van der Waals surface area contributed by atoms with Gasteiger partial charge in [-0.3, -0.25) is 9.69 Å². The molecule has 2 N–H and O–H groups in total. The minimum atomic E-state index is -0.176. The largest absolute Gasteiger partial charge is 0.496 e. The quantitative estimate of drug-likeness (QED) is 0.874. The highest BCUT2D eigenvalue weighted by molar-refractivity contribution is 7.12. The third-order valence-corrected chi connectivity index (χ3v) is 5.16. The van der Waals surface area contributed by atoms with Gasteiger partial charge in [0.25, 0.3) is 5.91 Å². The van der Waals surface area contributed by atoms with Crippen LogP contribution in [-0.2, 0) is 6.54 Å². The predicted octanol–water partition coefficient (Wildman–Crippen LogP) is 2.97. The van der Waals surface area contributed by atoms with E-state index in [9.17, 15) is 9.90 Å². The summed E-state index contributed by atoms with van der Waals surface area (Å²) in [5.41, 5.74) is 1.92. The maximum atomic E-state index is 12.4. The number of para-hydroxylation sites is 1. The normalized spacial score (nSPS) is 16.1. The van der Waals surface area contributed by atoms with E-state index in [1.807, 2.05) is 29.6 Å². The maximum absolute atomic E-state index is 12.4. The summed E-state index contributed by atoms with van der Waals surface area (Å²) in [5.74, 6) is 0.579. The molecule has 1 aliphatic rings. The minimum Gasteiger partial charge on any atom is -0.496 e. The second kappa shape index (κ2) is 7.79. The van der Waals surface area contributed by atoms with Crippen LogP contribution in [0.4, 0.5) is 5.69 Å². The van der Waals surface area contributed by atoms with Crippen LogP contribution in [0.25, 0.3) is 0 Å². The van der Waals surface area contributed by atoms with Gasteiger partial charge in [0.2, 0.25) is 0 Å². The molecule has 1 fully saturated rings. The first kappa shape index (κ1) is 17.0. The third-order valence-electron chi connectivity index (χ3n) is 4.25. The van der Waals surface area contributed by atoms with Crippen LogP contribution >= 0.6 is 11.3 Å². The molecule has 1 amide bonds. The van der Waals surface area contributed by atoms with E-state index in [2.05, 4.69) is 10.2 Å². The summed E-state index contributed by atoms with van der Waals surface area (Å²) < 4.78 is 5.13. The van der Waals surface area contributed by atoms with Crippen molar-refractivity contribution >= 4 is 22.9 Å². The number of benzene rings is 1. The molecule has 2 aromatic rings. The van der Waals surface area contributed by atoms with Crippen LogP contribution < -0.4 is 10.1 Å². The number of aliphatic hydroxyl groups is 1. The zero-order chi connectivity index (χ0) is 16.9. The fraction of sp³-hybridized carbons (Fsp3) is 0.389. The molecule has 1 aromatic heterocycles. The molecule has 0 bridgehead atoms. The molecule has 5 nitrogen and oxygen atoms in total. The summed E-state index contributed by atoms with van der Waals surface area (Å²) in [4.78, 5) is 15.4. The number of methoxy groups -OCH3 is 1. The smallest absolute Gasteiger partial charge is 0.265 e. The molecule has 0 unspecified atom stereocenters. The Morgan fingerprint density at radius 3 is 2.83 bits per heavy atom. The third kappa shape index (κ3) is 4.14. The average Bonchev–Trinajstić information content (AvgIpc) is 3.08. The summed E-state index contributed by atoms with van der Waals surface area (Å²) in [7, 11) is 1.59. The number of piperidine rings is 1. The second-order valence-electron chi connectivity index (χ2n) is 5.97. The molecule has 6 heteroatoms. The van der Waals surface area contributed by atoms with E-state index >= 15 is 0 Å². The number of rotatable bonds is 5. The Morgan fingerprint density at radius 1 is 1.38 bits per heavy atom. The van der Waals surface area contributed by atoms with Gasteiger partial charge in [0, 0.05) is 36.8 Å². The number of amides is 1. The van der Waals surface area contributed by atoms with E-state index < -0.39 is 0 Å². The van der Waals surface area contributed by atoms with Crippen molar-refractivity contribution in [2.24, 2.45) is 0 Å². The van der Waals surface area contributed by atoms with Crippen LogP contribution in [0.3, 0.4) is 0 Å². The lowest BCUT2D eigenvalue weighted by Gasteiger charge is -2.30. The van der Waals surface area contributed by atoms with Gasteiger partial charge in [0.05, 0.1) is 18.1 Å². The highest BCUT2D eigenvalue weighted by Crippen LogP contribution is 2.24. The van der Waals surface area contributed by atoms with E-state index in [1.165, 1.54) is 11.3 Å². The van der Waals surface area contributed by atoms with E-state index in [-0.39, 0.29) is 12.0 Å². The van der Waals surface area contributed by atoms with Crippen LogP contribution in [0, 0.1) is 0 Å². The maximum Gasteiger partial charge on any atom is 0.265 e. The summed E-state index contributed by atoms with van der Waals surface area (Å²) >= 11 is 1.37. The van der Waals surface area contributed by atoms with Gasteiger partial charge in [0.15, 0.2) is 0 Å². The van der Waals surface area contributed by atoms with Crippen molar-refractivity contribution in [2.45, 2.75) is 25.5 Å². The second-order valence-corrected chi connectivity index (χ2v) is 6.88. The lowest BCUT2D eigenvalue weighted by molar-refractivity contribution is 0.0793. The van der Waals surface area contributed by atoms with Crippen molar-refractivity contribution < 1.29 is 14.6 Å². The van der Waals surface area contributed by atoms with Gasteiger partial charge in [-0.1, -0.05) is 18.2 Å². The first-order valence-electron chi connectivity index (χ1n) is 8.08. The Labute approximate surface area is 145 Å². The standard InChI is InChI=1S/C18H22N2O3S/c1-23-15-10-17(24-12-15)18(22)19-16-5-3-2-4-13(16)11-20-8-6-14(21)7-9-20/h2-5,10,12,14,21H,6-9,11H2,1H3,(H,19,22). The number of hydrogen-bond donors (Lipinski definition) is 2. The van der Waals surface area contributed by atoms with E-state index in [0.717, 1.165) is 43.7 Å². The monoisotopic (exact) mass is 346 g/mol. The number of carbonyl (C=O) groups excluding carboxylic acids is 1. The topological polar surface area (TPSA) is 61.8 Å². The van der Waals surface area contributed by atoms with Crippen LogP contribution in [0.15, 0.2) is 35.7 Å². The van der Waals surface area contributed by atoms with Gasteiger partial charge in [-0.05, 0) is 24.5 Å². The molecule has 0 radical (unpaired) electrons. The molecular formula is C18H22N2O3S. The number of carbonyl (C=O) groups is 1. The van der Waals surface area contributed by atoms with Crippen molar-refractivity contribution in [1.29, 1.82) is 0 Å². The Morgan fingerprint density at radius 2 is 2.12 bits per heavy atom. The summed E-state index contributed by atoms with van der Waals surface area (Å²) in [6.45, 7) is 2.54. The first-order chi connectivity index (χ1) is 11.7. The SMILES string of the molecule is COc1csc(C(=O)Nc2ccccc2CN2CCC(O)CC2)c1. The molecule has 0 saturated carbocycles. The lowest BCUT2D eigenvalue weighted by atomic mass is 10.1. The van der Waals surface area contributed by atoms with Crippen molar-refractivity contribution in [3.8, 4) is 5.75 Å². The molecule has 2 heterocycles. The molecule has 24 heavy (non-hydrogen) atoms. The molecule has 128 valence electrons. The molecule has 1 aliphatic heterocycles. The van der Waals surface area contributed by atoms with Crippen molar-refractivity contribution in [3.05, 3.63) is 46.2 Å². The molecule has 0 atom stereocenters. The van der Waals surface area contributed by atoms with Gasteiger partial charge in [-0.25, -0.2) is 0 Å². The number of aliphatic hydroxyl groups excluding tert-OH is 1. The number of ether oxygens (including phenoxy) is 1. The summed E-state index contributed by atoms with van der Waals surface area (Å²) in [6, 6.07) is 9.62. The van der Waals surface area contributed by atoms with Crippen LogP contribution in [0.1, 0.15) is 28.1 Å². The average molecular weight is 346 g/mol. The van der Waals surface area contributed by atoms with Crippen LogP contribution in [0.5, 0.6) is 5.75 Å². The fourth-order valence-electron chi connectivity index (χ4n) is 2.83. The molecule has 1 saturated heterocycles. The first-order valence-corrected chi connectivity index (χ1v) is 8.96. The predicted molar refractivity (Wildman–Crippen MR) is 95.8 cm³/mol. The Hall–Kier alpha value is -1.89. The molecule has 1 aromatic carbocycles. The van der Waals surface area contributed by atoms with Crippen molar-refractivity contribution in [2.75, 3.05) is 25.5 Å². The van der Waals surface area contributed by atoms with Gasteiger partial charge in [-0.15, -0.1) is 11.3 Å². The van der Waals surface area contributed by atoms with Gasteiger partial charge < -0.3 is 15.2 Å². The Bertz CT molecular complexity index is 693.